The molecule has 2 rings (SSSR count). The van der Waals surface area contributed by atoms with E-state index in [1.165, 1.54) is 5.56 Å². The van der Waals surface area contributed by atoms with Crippen LogP contribution in [0.15, 0.2) is 22.7 Å². The summed E-state index contributed by atoms with van der Waals surface area (Å²) < 4.78 is 12.2. The van der Waals surface area contributed by atoms with Crippen molar-refractivity contribution in [2.45, 2.75) is 32.1 Å². The van der Waals surface area contributed by atoms with Crippen molar-refractivity contribution in [1.29, 1.82) is 0 Å². The number of rotatable bonds is 4. The van der Waals surface area contributed by atoms with Crippen molar-refractivity contribution >= 4 is 27.5 Å². The summed E-state index contributed by atoms with van der Waals surface area (Å²) in [4.78, 5) is 2.39. The van der Waals surface area contributed by atoms with E-state index in [-0.39, 0.29) is 11.7 Å². The Bertz CT molecular complexity index is 467. The van der Waals surface area contributed by atoms with Gasteiger partial charge >= 0.3 is 0 Å². The number of benzene rings is 1. The largest absolute Gasteiger partial charge is 0.496 e. The normalized spacial score (nSPS) is 22.8. The Balaban J connectivity index is 2.07. The van der Waals surface area contributed by atoms with Crippen LogP contribution in [-0.4, -0.2) is 42.7 Å². The quantitative estimate of drug-likeness (QED) is 0.763. The molecule has 0 saturated carbocycles. The van der Waals surface area contributed by atoms with Crippen LogP contribution in [0.2, 0.25) is 0 Å². The minimum absolute atomic E-state index is 0.0992. The number of alkyl halides is 1. The lowest BCUT2D eigenvalue weighted by Gasteiger charge is -2.42. The first kappa shape index (κ1) is 16.1. The van der Waals surface area contributed by atoms with Crippen LogP contribution < -0.4 is 4.74 Å². The summed E-state index contributed by atoms with van der Waals surface area (Å²) in [7, 11) is 1.68. The molecule has 20 heavy (non-hydrogen) atoms. The van der Waals surface area contributed by atoms with Crippen molar-refractivity contribution in [2.24, 2.45) is 0 Å². The van der Waals surface area contributed by atoms with E-state index in [4.69, 9.17) is 21.1 Å². The number of nitrogens with zero attached hydrogens (tertiary/aromatic N) is 1. The third-order valence-corrected chi connectivity index (χ3v) is 4.31. The molecule has 1 saturated heterocycles. The van der Waals surface area contributed by atoms with Crippen LogP contribution in [-0.2, 0) is 11.3 Å². The SMILES string of the molecule is COc1ccc(CN2CC(CCl)OC(C)(C)C2)cc1Br. The maximum atomic E-state index is 5.97. The van der Waals surface area contributed by atoms with E-state index >= 15 is 0 Å². The highest BCUT2D eigenvalue weighted by molar-refractivity contribution is 9.10. The van der Waals surface area contributed by atoms with Crippen molar-refractivity contribution < 1.29 is 9.47 Å². The molecular weight excluding hydrogens is 342 g/mol. The third-order valence-electron chi connectivity index (χ3n) is 3.35. The van der Waals surface area contributed by atoms with Gasteiger partial charge in [-0.2, -0.15) is 0 Å². The molecule has 3 nitrogen and oxygen atoms in total. The molecule has 1 aliphatic rings. The molecule has 0 radical (unpaired) electrons. The van der Waals surface area contributed by atoms with E-state index in [2.05, 4.69) is 46.8 Å². The van der Waals surface area contributed by atoms with E-state index in [9.17, 15) is 0 Å². The summed E-state index contributed by atoms with van der Waals surface area (Å²) in [6.07, 6.45) is 0.0992. The van der Waals surface area contributed by atoms with Gasteiger partial charge in [0.2, 0.25) is 0 Å². The highest BCUT2D eigenvalue weighted by Crippen LogP contribution is 2.28. The Hall–Kier alpha value is -0.290. The molecule has 1 aromatic carbocycles. The molecule has 1 unspecified atom stereocenters. The summed E-state index contributed by atoms with van der Waals surface area (Å²) in [6.45, 7) is 6.90. The lowest BCUT2D eigenvalue weighted by atomic mass is 10.0. The molecule has 1 atom stereocenters. The van der Waals surface area contributed by atoms with E-state index in [1.807, 2.05) is 6.07 Å². The number of hydrogen-bond donors (Lipinski definition) is 0. The number of halogens is 2. The lowest BCUT2D eigenvalue weighted by molar-refractivity contribution is -0.129. The fourth-order valence-electron chi connectivity index (χ4n) is 2.68. The lowest BCUT2D eigenvalue weighted by Crippen LogP contribution is -2.52. The molecule has 0 aromatic heterocycles. The van der Waals surface area contributed by atoms with Crippen molar-refractivity contribution in [3.63, 3.8) is 0 Å². The second-order valence-corrected chi connectivity index (χ2v) is 6.96. The fourth-order valence-corrected chi connectivity index (χ4v) is 3.43. The molecule has 0 spiro atoms. The highest BCUT2D eigenvalue weighted by atomic mass is 79.9. The van der Waals surface area contributed by atoms with Gasteiger partial charge in [0.05, 0.1) is 23.3 Å². The van der Waals surface area contributed by atoms with Gasteiger partial charge in [0.1, 0.15) is 5.75 Å². The molecular formula is C15H21BrClNO2. The van der Waals surface area contributed by atoms with Gasteiger partial charge in [0, 0.05) is 25.5 Å². The summed E-state index contributed by atoms with van der Waals surface area (Å²) >= 11 is 9.50. The zero-order valence-electron chi connectivity index (χ0n) is 12.2. The minimum Gasteiger partial charge on any atom is -0.496 e. The van der Waals surface area contributed by atoms with E-state index in [0.29, 0.717) is 5.88 Å². The average Bonchev–Trinajstić information content (AvgIpc) is 2.37. The van der Waals surface area contributed by atoms with E-state index in [0.717, 1.165) is 29.9 Å². The molecule has 1 fully saturated rings. The molecule has 0 amide bonds. The third kappa shape index (κ3) is 4.10. The van der Waals surface area contributed by atoms with Gasteiger partial charge < -0.3 is 9.47 Å². The first-order valence-electron chi connectivity index (χ1n) is 6.72. The fraction of sp³-hybridized carbons (Fsp3) is 0.600. The van der Waals surface area contributed by atoms with Crippen LogP contribution in [0, 0.1) is 0 Å². The van der Waals surface area contributed by atoms with E-state index < -0.39 is 0 Å². The standard InChI is InChI=1S/C15H21BrClNO2/c1-15(2)10-18(9-12(7-17)20-15)8-11-4-5-14(19-3)13(16)6-11/h4-6,12H,7-10H2,1-3H3. The number of ether oxygens (including phenoxy) is 2. The van der Waals surface area contributed by atoms with Crippen LogP contribution in [0.4, 0.5) is 0 Å². The Morgan fingerprint density at radius 2 is 2.25 bits per heavy atom. The highest BCUT2D eigenvalue weighted by Gasteiger charge is 2.32. The van der Waals surface area contributed by atoms with Gasteiger partial charge in [-0.15, -0.1) is 11.6 Å². The molecule has 112 valence electrons. The molecule has 0 bridgehead atoms. The number of morpholine rings is 1. The Morgan fingerprint density at radius 3 is 2.85 bits per heavy atom. The topological polar surface area (TPSA) is 21.7 Å². The van der Waals surface area contributed by atoms with Gasteiger partial charge in [0.25, 0.3) is 0 Å². The molecule has 5 heteroatoms. The van der Waals surface area contributed by atoms with Crippen LogP contribution in [0.1, 0.15) is 19.4 Å². The van der Waals surface area contributed by atoms with Crippen molar-refractivity contribution in [2.75, 3.05) is 26.1 Å². The first-order valence-corrected chi connectivity index (χ1v) is 8.05. The maximum absolute atomic E-state index is 5.97. The Morgan fingerprint density at radius 1 is 1.50 bits per heavy atom. The monoisotopic (exact) mass is 361 g/mol. The molecule has 0 N–H and O–H groups in total. The number of methoxy groups -OCH3 is 1. The predicted octanol–water partition coefficient (Wildman–Crippen LogP) is 3.68. The molecule has 1 aliphatic heterocycles. The Labute approximate surface area is 134 Å². The molecule has 1 heterocycles. The summed E-state index contributed by atoms with van der Waals surface area (Å²) in [5, 5.41) is 0. The van der Waals surface area contributed by atoms with Crippen LogP contribution in [0.25, 0.3) is 0 Å². The first-order chi connectivity index (χ1) is 9.43. The van der Waals surface area contributed by atoms with Gasteiger partial charge in [-0.05, 0) is 47.5 Å². The van der Waals surface area contributed by atoms with Crippen molar-refractivity contribution in [1.82, 2.24) is 4.90 Å². The van der Waals surface area contributed by atoms with Crippen molar-refractivity contribution in [3.8, 4) is 5.75 Å². The Kier molecular flexibility index (Phi) is 5.35. The molecule has 0 aliphatic carbocycles. The van der Waals surface area contributed by atoms with Gasteiger partial charge in [-0.1, -0.05) is 6.07 Å². The zero-order valence-corrected chi connectivity index (χ0v) is 14.5. The van der Waals surface area contributed by atoms with Crippen LogP contribution in [0.3, 0.4) is 0 Å². The predicted molar refractivity (Wildman–Crippen MR) is 85.6 cm³/mol. The number of hydrogen-bond acceptors (Lipinski definition) is 3. The average molecular weight is 363 g/mol. The van der Waals surface area contributed by atoms with E-state index in [1.54, 1.807) is 7.11 Å². The van der Waals surface area contributed by atoms with Crippen LogP contribution >= 0.6 is 27.5 Å². The summed E-state index contributed by atoms with van der Waals surface area (Å²) in [5.41, 5.74) is 1.10. The maximum Gasteiger partial charge on any atom is 0.133 e. The molecule has 1 aromatic rings. The van der Waals surface area contributed by atoms with Crippen LogP contribution in [0.5, 0.6) is 5.75 Å². The van der Waals surface area contributed by atoms with Gasteiger partial charge in [-0.3, -0.25) is 4.90 Å². The smallest absolute Gasteiger partial charge is 0.133 e. The summed E-state index contributed by atoms with van der Waals surface area (Å²) in [5.74, 6) is 1.39. The zero-order chi connectivity index (χ0) is 14.8. The van der Waals surface area contributed by atoms with Crippen molar-refractivity contribution in [3.05, 3.63) is 28.2 Å². The second kappa shape index (κ2) is 6.65. The summed E-state index contributed by atoms with van der Waals surface area (Å²) in [6, 6.07) is 6.20. The van der Waals surface area contributed by atoms with Gasteiger partial charge in [-0.25, -0.2) is 0 Å². The van der Waals surface area contributed by atoms with Gasteiger partial charge in [0.15, 0.2) is 0 Å². The minimum atomic E-state index is -0.151. The second-order valence-electron chi connectivity index (χ2n) is 5.79.